The van der Waals surface area contributed by atoms with Crippen molar-refractivity contribution >= 4 is 46.8 Å². The maximum atomic E-state index is 13.6. The van der Waals surface area contributed by atoms with E-state index in [0.29, 0.717) is 11.3 Å². The predicted octanol–water partition coefficient (Wildman–Crippen LogP) is 2.42. The lowest BCUT2D eigenvalue weighted by Crippen LogP contribution is -2.60. The molecule has 2 aliphatic carbocycles. The summed E-state index contributed by atoms with van der Waals surface area (Å²) >= 11 is 14.2. The Hall–Kier alpha value is -2.78. The largest absolute Gasteiger partial charge is 0.507 e. The molecule has 6 atom stereocenters. The van der Waals surface area contributed by atoms with Gasteiger partial charge in [0.1, 0.15) is 17.2 Å². The number of ether oxygens (including phenoxy) is 2. The number of benzene rings is 1. The van der Waals surface area contributed by atoms with Gasteiger partial charge in [0.25, 0.3) is 11.8 Å². The molecule has 36 heavy (non-hydrogen) atoms. The van der Waals surface area contributed by atoms with Crippen LogP contribution in [0.25, 0.3) is 0 Å². The molecule has 4 amide bonds. The van der Waals surface area contributed by atoms with E-state index in [9.17, 15) is 24.3 Å². The minimum atomic E-state index is -2.01. The fourth-order valence-corrected chi connectivity index (χ4v) is 7.61. The van der Waals surface area contributed by atoms with Crippen LogP contribution in [0.15, 0.2) is 23.8 Å². The first-order valence-electron chi connectivity index (χ1n) is 11.7. The zero-order chi connectivity index (χ0) is 26.3. The van der Waals surface area contributed by atoms with Crippen molar-refractivity contribution in [3.63, 3.8) is 0 Å². The summed E-state index contributed by atoms with van der Waals surface area (Å²) in [4.78, 5) is 51.6. The van der Waals surface area contributed by atoms with Gasteiger partial charge >= 0.3 is 0 Å². The Morgan fingerprint density at radius 3 is 2.36 bits per heavy atom. The molecule has 9 nitrogen and oxygen atoms in total. The summed E-state index contributed by atoms with van der Waals surface area (Å²) in [6, 6.07) is 2.90. The lowest BCUT2D eigenvalue weighted by atomic mass is 9.56. The van der Waals surface area contributed by atoms with E-state index in [1.54, 1.807) is 13.0 Å². The Bertz CT molecular complexity index is 1250. The van der Waals surface area contributed by atoms with Gasteiger partial charge in [0.2, 0.25) is 11.8 Å². The number of nitrogens with zero attached hydrogens (tertiary/aromatic N) is 2. The molecule has 4 aliphatic rings. The molecule has 1 aromatic carbocycles. The normalized spacial score (nSPS) is 35.4. The monoisotopic (exact) mass is 536 g/mol. The molecule has 0 aromatic heterocycles. The number of likely N-dealkylation sites (tertiary alicyclic amines) is 2. The Kier molecular flexibility index (Phi) is 5.61. The molecule has 0 radical (unpaired) electrons. The number of amides is 4. The molecule has 192 valence electrons. The van der Waals surface area contributed by atoms with Crippen LogP contribution in [0.1, 0.15) is 31.2 Å². The van der Waals surface area contributed by atoms with Crippen molar-refractivity contribution in [3.05, 3.63) is 29.3 Å². The summed E-state index contributed by atoms with van der Waals surface area (Å²) in [6.45, 7) is 1.96. The van der Waals surface area contributed by atoms with Crippen molar-refractivity contribution in [1.82, 2.24) is 9.80 Å². The lowest BCUT2D eigenvalue weighted by molar-refractivity contribution is -0.141. The minimum absolute atomic E-state index is 0.105. The zero-order valence-corrected chi connectivity index (χ0v) is 21.7. The summed E-state index contributed by atoms with van der Waals surface area (Å²) in [5.41, 5.74) is 0.741. The summed E-state index contributed by atoms with van der Waals surface area (Å²) in [7, 11) is 4.13. The molecule has 1 N–H and O–H groups in total. The Labute approximate surface area is 217 Å². The van der Waals surface area contributed by atoms with Crippen LogP contribution < -0.4 is 9.47 Å². The number of rotatable bonds is 4. The molecule has 2 aliphatic heterocycles. The number of fused-ring (bicyclic) bond motifs is 4. The second kappa shape index (κ2) is 8.11. The highest BCUT2D eigenvalue weighted by Gasteiger charge is 2.76. The first kappa shape index (κ1) is 24.9. The van der Waals surface area contributed by atoms with Gasteiger partial charge in [-0.25, -0.2) is 0 Å². The maximum absolute atomic E-state index is 13.6. The van der Waals surface area contributed by atoms with Gasteiger partial charge in [0.15, 0.2) is 9.75 Å². The van der Waals surface area contributed by atoms with E-state index in [0.717, 1.165) is 4.90 Å². The van der Waals surface area contributed by atoms with Gasteiger partial charge in [-0.1, -0.05) is 11.6 Å². The van der Waals surface area contributed by atoms with Crippen LogP contribution in [0, 0.1) is 17.8 Å². The molecule has 11 heteroatoms. The van der Waals surface area contributed by atoms with E-state index in [2.05, 4.69) is 0 Å². The van der Waals surface area contributed by atoms with E-state index < -0.39 is 45.2 Å². The first-order valence-corrected chi connectivity index (χ1v) is 12.4. The molecular formula is C25H26Cl2N2O7. The fraction of sp³-hybridized carbons (Fsp3) is 0.520. The summed E-state index contributed by atoms with van der Waals surface area (Å²) in [5, 5.41) is 11.1. The third-order valence-electron chi connectivity index (χ3n) is 8.26. The van der Waals surface area contributed by atoms with Crippen LogP contribution in [0.5, 0.6) is 17.2 Å². The number of halogens is 2. The second-order valence-corrected chi connectivity index (χ2v) is 10.9. The molecule has 2 saturated heterocycles. The third-order valence-corrected chi connectivity index (χ3v) is 9.67. The van der Waals surface area contributed by atoms with Crippen molar-refractivity contribution in [2.24, 2.45) is 17.8 Å². The summed E-state index contributed by atoms with van der Waals surface area (Å²) in [6.07, 6.45) is 1.96. The van der Waals surface area contributed by atoms with Gasteiger partial charge in [-0.2, -0.15) is 0 Å². The Morgan fingerprint density at radius 2 is 1.75 bits per heavy atom. The summed E-state index contributed by atoms with van der Waals surface area (Å²) < 4.78 is 10.8. The van der Waals surface area contributed by atoms with E-state index in [4.69, 9.17) is 32.7 Å². The Morgan fingerprint density at radius 1 is 1.06 bits per heavy atom. The molecule has 3 fully saturated rings. The fourth-order valence-electron chi connectivity index (χ4n) is 6.60. The topological polar surface area (TPSA) is 113 Å². The first-order chi connectivity index (χ1) is 17.0. The van der Waals surface area contributed by atoms with Crippen LogP contribution in [0.3, 0.4) is 0 Å². The van der Waals surface area contributed by atoms with Crippen molar-refractivity contribution in [2.75, 3.05) is 27.8 Å². The molecular weight excluding hydrogens is 511 g/mol. The number of allylic oxidation sites excluding steroid dienone is 2. The minimum Gasteiger partial charge on any atom is -0.507 e. The number of aromatic hydroxyl groups is 1. The number of hydrogen-bond donors (Lipinski definition) is 1. The van der Waals surface area contributed by atoms with Gasteiger partial charge in [-0.15, -0.1) is 23.2 Å². The zero-order valence-electron chi connectivity index (χ0n) is 20.2. The number of imide groups is 2. The van der Waals surface area contributed by atoms with Crippen molar-refractivity contribution in [1.29, 1.82) is 0 Å². The number of methoxy groups -OCH3 is 2. The molecule has 0 bridgehead atoms. The molecule has 1 saturated carbocycles. The highest BCUT2D eigenvalue weighted by atomic mass is 35.5. The van der Waals surface area contributed by atoms with Gasteiger partial charge in [0.05, 0.1) is 26.1 Å². The highest BCUT2D eigenvalue weighted by molar-refractivity contribution is 6.53. The number of phenolic OH excluding ortho intramolecular Hbond substituents is 1. The van der Waals surface area contributed by atoms with Gasteiger partial charge in [0, 0.05) is 37.2 Å². The average molecular weight is 537 g/mol. The average Bonchev–Trinajstić information content (AvgIpc) is 3.18. The van der Waals surface area contributed by atoms with Crippen LogP contribution >= 0.6 is 23.2 Å². The quantitative estimate of drug-likeness (QED) is 0.357. The van der Waals surface area contributed by atoms with Crippen LogP contribution in [-0.4, -0.2) is 76.1 Å². The number of carbonyl (C=O) groups excluding carboxylic acids is 4. The number of hydrogen-bond acceptors (Lipinski definition) is 7. The van der Waals surface area contributed by atoms with E-state index in [-0.39, 0.29) is 48.3 Å². The molecule has 2 heterocycles. The van der Waals surface area contributed by atoms with Gasteiger partial charge < -0.3 is 14.6 Å². The van der Waals surface area contributed by atoms with E-state index in [1.165, 1.54) is 38.3 Å². The number of phenols is 1. The maximum Gasteiger partial charge on any atom is 0.253 e. The third kappa shape index (κ3) is 2.84. The molecule has 6 unspecified atom stereocenters. The standard InChI is InChI=1S/C25H26Cl2N2O7/c1-5-29-20(31)13-7-6-12-14(17(13)21(29)32)10-24(26)22(33)28(2)23(34)25(24,27)19(12)18-15(30)8-11(35-3)9-16(18)36-4/h6,8-9,13-14,17,19,30H,5,7,10H2,1-4H3. The Balaban J connectivity index is 1.79. The number of carbonyl (C=O) groups is 4. The summed E-state index contributed by atoms with van der Waals surface area (Å²) in [5.74, 6) is -4.89. The smallest absolute Gasteiger partial charge is 0.253 e. The van der Waals surface area contributed by atoms with E-state index in [1.807, 2.05) is 0 Å². The van der Waals surface area contributed by atoms with Crippen molar-refractivity contribution < 1.29 is 33.8 Å². The molecule has 1 aromatic rings. The van der Waals surface area contributed by atoms with Gasteiger partial charge in [-0.05, 0) is 25.7 Å². The van der Waals surface area contributed by atoms with Crippen LogP contribution in [0.2, 0.25) is 0 Å². The molecule has 5 rings (SSSR count). The van der Waals surface area contributed by atoms with Crippen molar-refractivity contribution in [3.8, 4) is 17.2 Å². The van der Waals surface area contributed by atoms with Crippen LogP contribution in [-0.2, 0) is 19.2 Å². The molecule has 0 spiro atoms. The predicted molar refractivity (Wildman–Crippen MR) is 129 cm³/mol. The van der Waals surface area contributed by atoms with E-state index >= 15 is 0 Å². The van der Waals surface area contributed by atoms with Crippen LogP contribution in [0.4, 0.5) is 0 Å². The second-order valence-electron chi connectivity index (χ2n) is 9.68. The lowest BCUT2D eigenvalue weighted by Gasteiger charge is -2.51. The number of alkyl halides is 2. The van der Waals surface area contributed by atoms with Gasteiger partial charge in [-0.3, -0.25) is 29.0 Å². The SMILES string of the molecule is CCN1C(=O)C2CC=C3C(CC4(Cl)C(=O)N(C)C(=O)C4(Cl)C3c3c(O)cc(OC)cc3OC)C2C1=O. The van der Waals surface area contributed by atoms with Crippen molar-refractivity contribution in [2.45, 2.75) is 35.4 Å². The highest BCUT2D eigenvalue weighted by Crippen LogP contribution is 2.67.